The van der Waals surface area contributed by atoms with E-state index < -0.39 is 11.9 Å². The molecule has 2 N–H and O–H groups in total. The Labute approximate surface area is 135 Å². The van der Waals surface area contributed by atoms with Gasteiger partial charge in [-0.1, -0.05) is 27.7 Å². The Morgan fingerprint density at radius 2 is 0.895 bits per heavy atom. The maximum absolute atomic E-state index is 9.26. The van der Waals surface area contributed by atoms with Crippen LogP contribution in [0.4, 0.5) is 0 Å². The van der Waals surface area contributed by atoms with Gasteiger partial charge in [-0.25, -0.2) is 0 Å². The van der Waals surface area contributed by atoms with Crippen LogP contribution < -0.4 is 10.2 Å². The number of carboxylic acid groups (broad SMARTS) is 2. The molecule has 0 heterocycles. The number of hydrogen-bond acceptors (Lipinski definition) is 6. The minimum Gasteiger partial charge on any atom is -0.550 e. The number of aliphatic hydroxyl groups excluding tert-OH is 2. The van der Waals surface area contributed by atoms with Crippen LogP contribution in [-0.4, -0.2) is 35.4 Å². The Morgan fingerprint density at radius 3 is 0.895 bits per heavy atom. The molecule has 0 rings (SSSR count). The largest absolute Gasteiger partial charge is 2.00 e. The van der Waals surface area contributed by atoms with Crippen LogP contribution in [0.2, 0.25) is 0 Å². The van der Waals surface area contributed by atoms with E-state index in [1.165, 1.54) is 13.8 Å². The van der Waals surface area contributed by atoms with E-state index in [4.69, 9.17) is 10.2 Å². The van der Waals surface area contributed by atoms with Crippen LogP contribution in [0.25, 0.3) is 0 Å². The second-order valence-corrected chi connectivity index (χ2v) is 2.90. The molecule has 0 bridgehead atoms. The molecule has 0 radical (unpaired) electrons. The van der Waals surface area contributed by atoms with Gasteiger partial charge < -0.3 is 30.0 Å². The van der Waals surface area contributed by atoms with Crippen LogP contribution >= 0.6 is 0 Å². The summed E-state index contributed by atoms with van der Waals surface area (Å²) in [7, 11) is 0. The van der Waals surface area contributed by atoms with Crippen molar-refractivity contribution >= 4 is 11.9 Å². The van der Waals surface area contributed by atoms with Gasteiger partial charge in [0.2, 0.25) is 0 Å². The minimum absolute atomic E-state index is 0. The van der Waals surface area contributed by atoms with E-state index >= 15 is 0 Å². The van der Waals surface area contributed by atoms with Gasteiger partial charge in [0.15, 0.2) is 0 Å². The van der Waals surface area contributed by atoms with Crippen molar-refractivity contribution < 1.29 is 56.2 Å². The molecule has 0 saturated heterocycles. The van der Waals surface area contributed by atoms with Gasteiger partial charge in [-0.05, 0) is 25.7 Å². The third kappa shape index (κ3) is 133. The molecule has 0 fully saturated rings. The third-order valence-corrected chi connectivity index (χ3v) is 1.02. The molecule has 0 aliphatic carbocycles. The number of rotatable bonds is 4. The molecular formula is C12H26O6Zr. The maximum Gasteiger partial charge on any atom is 2.00 e. The Bertz CT molecular complexity index is 142. The van der Waals surface area contributed by atoms with Gasteiger partial charge in [-0.15, -0.1) is 0 Å². The first kappa shape index (κ1) is 31.2. The zero-order valence-corrected chi connectivity index (χ0v) is 14.7. The van der Waals surface area contributed by atoms with Crippen LogP contribution in [0.15, 0.2) is 0 Å². The van der Waals surface area contributed by atoms with Crippen LogP contribution in [-0.2, 0) is 35.8 Å². The maximum atomic E-state index is 9.26. The van der Waals surface area contributed by atoms with Gasteiger partial charge in [0.05, 0.1) is 0 Å². The Morgan fingerprint density at radius 1 is 0.789 bits per heavy atom. The third-order valence-electron chi connectivity index (χ3n) is 1.02. The number of hydrogen-bond donors (Lipinski definition) is 2. The van der Waals surface area contributed by atoms with Gasteiger partial charge in [-0.2, -0.15) is 0 Å². The average molecular weight is 358 g/mol. The summed E-state index contributed by atoms with van der Waals surface area (Å²) in [5.74, 6) is -1.99. The first-order valence-corrected chi connectivity index (χ1v) is 5.98. The second kappa shape index (κ2) is 36.1. The molecule has 19 heavy (non-hydrogen) atoms. The van der Waals surface area contributed by atoms with Crippen LogP contribution in [0, 0.1) is 0 Å². The quantitative estimate of drug-likeness (QED) is 0.670. The Kier molecular flexibility index (Phi) is 59.3. The average Bonchev–Trinajstić information content (AvgIpc) is 2.39. The molecule has 0 atom stereocenters. The molecule has 0 aromatic heterocycles. The molecule has 7 heteroatoms. The van der Waals surface area contributed by atoms with Gasteiger partial charge in [0, 0.05) is 25.2 Å². The number of carbonyl (C=O) groups excluding carboxylic acids is 2. The van der Waals surface area contributed by atoms with E-state index in [2.05, 4.69) is 0 Å². The molecule has 0 spiro atoms. The van der Waals surface area contributed by atoms with Gasteiger partial charge in [-0.3, -0.25) is 0 Å². The zero-order valence-electron chi connectivity index (χ0n) is 12.3. The molecule has 114 valence electrons. The summed E-state index contributed by atoms with van der Waals surface area (Å²) in [5.41, 5.74) is 0. The van der Waals surface area contributed by atoms with Gasteiger partial charge in [0.25, 0.3) is 0 Å². The number of aliphatic carboxylic acids is 2. The van der Waals surface area contributed by atoms with Gasteiger partial charge >= 0.3 is 26.2 Å². The molecule has 0 amide bonds. The van der Waals surface area contributed by atoms with E-state index in [-0.39, 0.29) is 39.0 Å². The van der Waals surface area contributed by atoms with E-state index in [1.807, 2.05) is 13.8 Å². The van der Waals surface area contributed by atoms with Crippen LogP contribution in [0.5, 0.6) is 0 Å². The summed E-state index contributed by atoms with van der Waals surface area (Å²) >= 11 is 0. The fourth-order valence-electron chi connectivity index (χ4n) is 0. The monoisotopic (exact) mass is 356 g/mol. The van der Waals surface area contributed by atoms with Crippen molar-refractivity contribution in [3.05, 3.63) is 0 Å². The first-order valence-electron chi connectivity index (χ1n) is 5.98. The Hall–Kier alpha value is -0.257. The van der Waals surface area contributed by atoms with Gasteiger partial charge in [0.1, 0.15) is 0 Å². The fraction of sp³-hybridized carbons (Fsp3) is 0.833. The number of carbonyl (C=O) groups is 2. The minimum atomic E-state index is -0.995. The summed E-state index contributed by atoms with van der Waals surface area (Å²) in [6, 6.07) is 0. The van der Waals surface area contributed by atoms with Crippen LogP contribution in [0.1, 0.15) is 53.4 Å². The summed E-state index contributed by atoms with van der Waals surface area (Å²) in [6.07, 6.45) is 1.97. The van der Waals surface area contributed by atoms with Crippen molar-refractivity contribution in [2.75, 3.05) is 13.2 Å². The summed E-state index contributed by atoms with van der Waals surface area (Å²) in [6.45, 7) is 7.57. The van der Waals surface area contributed by atoms with E-state index in [0.29, 0.717) is 13.2 Å². The zero-order chi connectivity index (χ0) is 15.4. The predicted octanol–water partition coefficient (Wildman–Crippen LogP) is -0.932. The summed E-state index contributed by atoms with van der Waals surface area (Å²) in [4.78, 5) is 18.5. The number of carboxylic acids is 2. The van der Waals surface area contributed by atoms with Crippen molar-refractivity contribution in [1.29, 1.82) is 0 Å². The smallest absolute Gasteiger partial charge is 0.550 e. The van der Waals surface area contributed by atoms with Crippen LogP contribution in [0.3, 0.4) is 0 Å². The van der Waals surface area contributed by atoms with Crippen molar-refractivity contribution in [3.8, 4) is 0 Å². The van der Waals surface area contributed by atoms with E-state index in [0.717, 1.165) is 12.8 Å². The van der Waals surface area contributed by atoms with Crippen molar-refractivity contribution in [2.24, 2.45) is 0 Å². The Balaban J connectivity index is -0.0000000453. The topological polar surface area (TPSA) is 121 Å². The second-order valence-electron chi connectivity index (χ2n) is 2.90. The standard InChI is InChI=1S/2C3H6O2.2C3H8O.Zr/c2*1-2-3(4)5;2*1-2-3-4;/h2*2H2,1H3,(H,4,5);2*4H,2-3H2,1H3;/q;;;;+2/p-2. The molecule has 0 aromatic carbocycles. The predicted molar refractivity (Wildman–Crippen MR) is 65.3 cm³/mol. The molecule has 0 aliphatic rings. The summed E-state index contributed by atoms with van der Waals surface area (Å²) in [5, 5.41) is 34.3. The summed E-state index contributed by atoms with van der Waals surface area (Å²) < 4.78 is 0. The van der Waals surface area contributed by atoms with Crippen molar-refractivity contribution in [3.63, 3.8) is 0 Å². The molecule has 0 unspecified atom stereocenters. The number of aliphatic hydroxyl groups is 2. The molecule has 0 saturated carbocycles. The molecular weight excluding hydrogens is 331 g/mol. The normalized spacial score (nSPS) is 7.05. The van der Waals surface area contributed by atoms with Crippen molar-refractivity contribution in [2.45, 2.75) is 53.4 Å². The van der Waals surface area contributed by atoms with E-state index in [1.54, 1.807) is 0 Å². The first-order chi connectivity index (χ1) is 8.37. The molecule has 0 aliphatic heterocycles. The van der Waals surface area contributed by atoms with Crippen molar-refractivity contribution in [1.82, 2.24) is 0 Å². The fourth-order valence-corrected chi connectivity index (χ4v) is 0. The molecule has 6 nitrogen and oxygen atoms in total. The molecule has 0 aromatic rings. The SMILES string of the molecule is CCC(=O)[O-].CCC(=O)[O-].CCCO.CCCO.[Zr+2]. The van der Waals surface area contributed by atoms with E-state index in [9.17, 15) is 19.8 Å².